The molecule has 70 valence electrons. The number of aldehydes is 1. The van der Waals surface area contributed by atoms with Gasteiger partial charge in [0.25, 0.3) is 0 Å². The molecule has 12 heavy (non-hydrogen) atoms. The smallest absolute Gasteiger partial charge is 0.153 e. The van der Waals surface area contributed by atoms with Gasteiger partial charge in [-0.1, -0.05) is 6.92 Å². The van der Waals surface area contributed by atoms with E-state index in [1.54, 1.807) is 0 Å². The van der Waals surface area contributed by atoms with E-state index < -0.39 is 5.60 Å². The van der Waals surface area contributed by atoms with Crippen LogP contribution in [0.4, 0.5) is 0 Å². The lowest BCUT2D eigenvalue weighted by Crippen LogP contribution is -2.41. The van der Waals surface area contributed by atoms with Crippen molar-refractivity contribution >= 4 is 18.0 Å². The largest absolute Gasteiger partial charge is 0.364 e. The molecule has 2 atom stereocenters. The van der Waals surface area contributed by atoms with E-state index in [1.807, 2.05) is 25.6 Å². The second-order valence-electron chi connectivity index (χ2n) is 3.50. The van der Waals surface area contributed by atoms with E-state index in [0.29, 0.717) is 5.25 Å². The summed E-state index contributed by atoms with van der Waals surface area (Å²) in [6.45, 7) is 6.01. The molecule has 3 heteroatoms. The minimum atomic E-state index is -0.501. The Morgan fingerprint density at radius 3 is 2.67 bits per heavy atom. The molecule has 0 aliphatic carbocycles. The van der Waals surface area contributed by atoms with Crippen molar-refractivity contribution in [3.8, 4) is 0 Å². The molecule has 2 unspecified atom stereocenters. The second kappa shape index (κ2) is 3.79. The molecule has 1 rings (SSSR count). The Kier molecular flexibility index (Phi) is 3.18. The van der Waals surface area contributed by atoms with Crippen LogP contribution in [0.3, 0.4) is 0 Å². The van der Waals surface area contributed by atoms with Crippen LogP contribution in [0.2, 0.25) is 0 Å². The van der Waals surface area contributed by atoms with E-state index in [1.165, 1.54) is 0 Å². The van der Waals surface area contributed by atoms with Crippen molar-refractivity contribution in [2.45, 2.75) is 44.1 Å². The Morgan fingerprint density at radius 2 is 2.33 bits per heavy atom. The fourth-order valence-corrected chi connectivity index (χ4v) is 2.82. The van der Waals surface area contributed by atoms with Gasteiger partial charge in [-0.2, -0.15) is 11.8 Å². The predicted molar refractivity (Wildman–Crippen MR) is 51.6 cm³/mol. The van der Waals surface area contributed by atoms with Gasteiger partial charge in [0.05, 0.1) is 6.10 Å². The van der Waals surface area contributed by atoms with E-state index in [4.69, 9.17) is 4.74 Å². The molecule has 0 saturated carbocycles. The third-order valence-corrected chi connectivity index (χ3v) is 3.54. The van der Waals surface area contributed by atoms with E-state index in [-0.39, 0.29) is 6.10 Å². The van der Waals surface area contributed by atoms with Gasteiger partial charge in [-0.15, -0.1) is 0 Å². The van der Waals surface area contributed by atoms with E-state index >= 15 is 0 Å². The zero-order valence-electron chi connectivity index (χ0n) is 7.87. The number of carbonyl (C=O) groups excluding carboxylic acids is 1. The number of thioether (sulfide) groups is 1. The van der Waals surface area contributed by atoms with Gasteiger partial charge in [0.2, 0.25) is 0 Å². The predicted octanol–water partition coefficient (Wildman–Crippen LogP) is 1.87. The van der Waals surface area contributed by atoms with Crippen LogP contribution in [0.1, 0.15) is 27.2 Å². The van der Waals surface area contributed by atoms with Crippen LogP contribution in [0.25, 0.3) is 0 Å². The van der Waals surface area contributed by atoms with Gasteiger partial charge in [0, 0.05) is 5.25 Å². The van der Waals surface area contributed by atoms with Crippen molar-refractivity contribution in [2.75, 3.05) is 5.75 Å². The molecular weight excluding hydrogens is 172 g/mol. The first-order valence-electron chi connectivity index (χ1n) is 4.36. The van der Waals surface area contributed by atoms with Gasteiger partial charge in [-0.05, 0) is 26.0 Å². The van der Waals surface area contributed by atoms with Crippen molar-refractivity contribution in [3.05, 3.63) is 0 Å². The molecule has 1 heterocycles. The summed E-state index contributed by atoms with van der Waals surface area (Å²) >= 11 is 1.81. The minimum absolute atomic E-state index is 0.136. The van der Waals surface area contributed by atoms with Crippen molar-refractivity contribution in [1.82, 2.24) is 0 Å². The Labute approximate surface area is 78.1 Å². The summed E-state index contributed by atoms with van der Waals surface area (Å²) in [6, 6.07) is 0. The summed E-state index contributed by atoms with van der Waals surface area (Å²) < 4.78 is 5.67. The Balaban J connectivity index is 2.67. The lowest BCUT2D eigenvalue weighted by Gasteiger charge is -2.29. The third-order valence-electron chi connectivity index (χ3n) is 2.20. The van der Waals surface area contributed by atoms with Crippen LogP contribution in [0.5, 0.6) is 0 Å². The molecule has 1 aliphatic rings. The Bertz CT molecular complexity index is 170. The van der Waals surface area contributed by atoms with Gasteiger partial charge in [-0.25, -0.2) is 0 Å². The van der Waals surface area contributed by atoms with Crippen molar-refractivity contribution in [2.24, 2.45) is 0 Å². The van der Waals surface area contributed by atoms with Crippen LogP contribution in [-0.4, -0.2) is 29.0 Å². The highest BCUT2D eigenvalue weighted by Crippen LogP contribution is 2.37. The quantitative estimate of drug-likeness (QED) is 0.632. The highest BCUT2D eigenvalue weighted by atomic mass is 32.2. The highest BCUT2D eigenvalue weighted by molar-refractivity contribution is 8.00. The Hall–Kier alpha value is -0.0200. The first-order chi connectivity index (χ1) is 5.60. The number of hydrogen-bond donors (Lipinski definition) is 0. The number of hydrogen-bond acceptors (Lipinski definition) is 3. The molecule has 0 aromatic heterocycles. The van der Waals surface area contributed by atoms with E-state index in [9.17, 15) is 4.79 Å². The lowest BCUT2D eigenvalue weighted by atomic mass is 9.99. The molecular formula is C9H16O2S. The molecule has 0 aromatic carbocycles. The fourth-order valence-electron chi connectivity index (χ4n) is 1.52. The zero-order chi connectivity index (χ0) is 9.19. The molecule has 0 spiro atoms. The average molecular weight is 188 g/mol. The molecule has 1 aliphatic heterocycles. The normalized spacial score (nSPS) is 35.8. The van der Waals surface area contributed by atoms with Crippen LogP contribution < -0.4 is 0 Å². The lowest BCUT2D eigenvalue weighted by molar-refractivity contribution is -0.136. The SMILES string of the molecule is CC(C)OC1(C=O)CCSC1C. The topological polar surface area (TPSA) is 26.3 Å². The monoisotopic (exact) mass is 188 g/mol. The first kappa shape index (κ1) is 10.1. The van der Waals surface area contributed by atoms with E-state index in [0.717, 1.165) is 18.5 Å². The van der Waals surface area contributed by atoms with Crippen LogP contribution in [0.15, 0.2) is 0 Å². The zero-order valence-corrected chi connectivity index (χ0v) is 8.69. The molecule has 0 N–H and O–H groups in total. The van der Waals surface area contributed by atoms with Crippen molar-refractivity contribution in [3.63, 3.8) is 0 Å². The number of ether oxygens (including phenoxy) is 1. The maximum absolute atomic E-state index is 10.9. The maximum Gasteiger partial charge on any atom is 0.153 e. The molecule has 2 nitrogen and oxygen atoms in total. The molecule has 0 amide bonds. The van der Waals surface area contributed by atoms with Crippen molar-refractivity contribution in [1.29, 1.82) is 0 Å². The Morgan fingerprint density at radius 1 is 1.67 bits per heavy atom. The van der Waals surface area contributed by atoms with Gasteiger partial charge in [0.15, 0.2) is 6.29 Å². The third kappa shape index (κ3) is 1.83. The summed E-state index contributed by atoms with van der Waals surface area (Å²) in [5.74, 6) is 1.03. The van der Waals surface area contributed by atoms with Crippen LogP contribution >= 0.6 is 11.8 Å². The summed E-state index contributed by atoms with van der Waals surface area (Å²) in [7, 11) is 0. The average Bonchev–Trinajstić information content (AvgIpc) is 2.32. The first-order valence-corrected chi connectivity index (χ1v) is 5.41. The minimum Gasteiger partial charge on any atom is -0.364 e. The molecule has 0 radical (unpaired) electrons. The molecule has 0 aromatic rings. The summed E-state index contributed by atoms with van der Waals surface area (Å²) in [4.78, 5) is 10.9. The van der Waals surface area contributed by atoms with Crippen LogP contribution in [0, 0.1) is 0 Å². The highest BCUT2D eigenvalue weighted by Gasteiger charge is 2.42. The van der Waals surface area contributed by atoms with Gasteiger partial charge in [-0.3, -0.25) is 0 Å². The standard InChI is InChI=1S/C9H16O2S/c1-7(2)11-9(6-10)4-5-12-8(9)3/h6-8H,4-5H2,1-3H3. The van der Waals surface area contributed by atoms with Gasteiger partial charge < -0.3 is 9.53 Å². The summed E-state index contributed by atoms with van der Waals surface area (Å²) in [5, 5.41) is 0.303. The second-order valence-corrected chi connectivity index (χ2v) is 4.95. The molecule has 1 saturated heterocycles. The summed E-state index contributed by atoms with van der Waals surface area (Å²) in [5.41, 5.74) is -0.501. The van der Waals surface area contributed by atoms with Gasteiger partial charge >= 0.3 is 0 Å². The summed E-state index contributed by atoms with van der Waals surface area (Å²) in [6.07, 6.45) is 1.98. The molecule has 0 bridgehead atoms. The fraction of sp³-hybridized carbons (Fsp3) is 0.889. The van der Waals surface area contributed by atoms with Crippen molar-refractivity contribution < 1.29 is 9.53 Å². The molecule has 1 fully saturated rings. The maximum atomic E-state index is 10.9. The van der Waals surface area contributed by atoms with Crippen LogP contribution in [-0.2, 0) is 9.53 Å². The number of rotatable bonds is 3. The van der Waals surface area contributed by atoms with Gasteiger partial charge in [0.1, 0.15) is 5.60 Å². The van der Waals surface area contributed by atoms with E-state index in [2.05, 4.69) is 6.92 Å². The number of carbonyl (C=O) groups is 1.